The highest BCUT2D eigenvalue weighted by Gasteiger charge is 2.23. The summed E-state index contributed by atoms with van der Waals surface area (Å²) in [6.07, 6.45) is 111. The van der Waals surface area contributed by atoms with Crippen molar-refractivity contribution < 1.29 is 38.3 Å². The molecule has 0 bridgehead atoms. The maximum atomic E-state index is 14.8. The predicted molar refractivity (Wildman–Crippen MR) is 567 cm³/mol. The van der Waals surface area contributed by atoms with Gasteiger partial charge in [-0.05, 0) is 87.1 Å². The maximum Gasteiger partial charge on any atom is 0.205 e. The number of ketones is 1. The molecule has 2 aromatic carbocycles. The lowest BCUT2D eigenvalue weighted by atomic mass is 10.0. The van der Waals surface area contributed by atoms with Crippen LogP contribution in [0.4, 0.5) is 0 Å². The number of hydrogen-bond donors (Lipinski definition) is 2. The summed E-state index contributed by atoms with van der Waals surface area (Å²) in [5, 5.41) is 12.1. The Morgan fingerprint density at radius 1 is 0.254 bits per heavy atom. The molecule has 130 heavy (non-hydrogen) atoms. The Balaban J connectivity index is 1.60. The number of unbranched alkanes of at least 4 members (excludes halogenated alkanes) is 78. The number of hydrogen-bond acceptors (Lipinski definition) is 8. The number of H-pyrrole nitrogens is 1. The molecule has 750 valence electrons. The molecule has 10 heteroatoms. The van der Waals surface area contributed by atoms with Crippen LogP contribution < -0.4 is 28.4 Å². The van der Waals surface area contributed by atoms with Crippen LogP contribution in [0.2, 0.25) is 0 Å². The van der Waals surface area contributed by atoms with E-state index in [4.69, 9.17) is 28.4 Å². The molecule has 0 saturated heterocycles. The number of allylic oxidation sites excluding steroid dienone is 1. The Labute approximate surface area is 805 Å². The Morgan fingerprint density at radius 2 is 0.446 bits per heavy atom. The molecule has 0 aliphatic heterocycles. The number of benzene rings is 2. The number of aromatic nitrogens is 2. The van der Waals surface area contributed by atoms with Gasteiger partial charge in [0.1, 0.15) is 5.76 Å². The molecule has 2 aromatic heterocycles. The largest absolute Gasteiger partial charge is 0.506 e. The molecule has 0 spiro atoms. The number of nitrogens with zero attached hydrogens (tertiary/aromatic N) is 1. The van der Waals surface area contributed by atoms with Crippen molar-refractivity contribution in [1.29, 1.82) is 0 Å². The predicted octanol–water partition coefficient (Wildman–Crippen LogP) is 40.6. The van der Waals surface area contributed by atoms with Crippen LogP contribution in [-0.4, -0.2) is 60.1 Å². The van der Waals surface area contributed by atoms with Gasteiger partial charge in [-0.2, -0.15) is 0 Å². The molecule has 0 atom stereocenters. The van der Waals surface area contributed by atoms with Gasteiger partial charge in [-0.1, -0.05) is 542 Å². The van der Waals surface area contributed by atoms with Crippen LogP contribution in [0.25, 0.3) is 28.3 Å². The first-order valence-corrected chi connectivity index (χ1v) is 57.7. The third-order valence-corrected chi connectivity index (χ3v) is 27.8. The van der Waals surface area contributed by atoms with Crippen molar-refractivity contribution in [2.45, 2.75) is 581 Å². The van der Waals surface area contributed by atoms with E-state index in [0.717, 1.165) is 99.6 Å². The number of aliphatic hydroxyl groups is 1. The quantitative estimate of drug-likeness (QED) is 0.0195. The normalized spacial score (nSPS) is 11.8. The van der Waals surface area contributed by atoms with E-state index >= 15 is 0 Å². The molecule has 0 radical (unpaired) electrons. The Hall–Kier alpha value is -4.99. The summed E-state index contributed by atoms with van der Waals surface area (Å²) in [6, 6.07) is 16.2. The lowest BCUT2D eigenvalue weighted by Gasteiger charge is -2.19. The molecule has 0 unspecified atom stereocenters. The molecule has 10 nitrogen and oxygen atoms in total. The van der Waals surface area contributed by atoms with Gasteiger partial charge in [0.25, 0.3) is 0 Å². The van der Waals surface area contributed by atoms with Crippen molar-refractivity contribution in [3.05, 3.63) is 66.0 Å². The fourth-order valence-electron chi connectivity index (χ4n) is 19.1. The zero-order valence-electron chi connectivity index (χ0n) is 87.1. The smallest absolute Gasteiger partial charge is 0.205 e. The highest BCUT2D eigenvalue weighted by atomic mass is 16.5. The fourth-order valence-corrected chi connectivity index (χ4v) is 19.1. The van der Waals surface area contributed by atoms with Crippen LogP contribution in [0.5, 0.6) is 34.5 Å². The van der Waals surface area contributed by atoms with Crippen molar-refractivity contribution in [3.8, 4) is 57.0 Å². The molecular formula is C120H212N2O8. The van der Waals surface area contributed by atoms with E-state index in [1.54, 1.807) is 0 Å². The summed E-state index contributed by atoms with van der Waals surface area (Å²) >= 11 is 0. The minimum Gasteiger partial charge on any atom is -0.506 e. The molecule has 0 amide bonds. The van der Waals surface area contributed by atoms with E-state index in [-0.39, 0.29) is 11.5 Å². The van der Waals surface area contributed by atoms with E-state index < -0.39 is 0 Å². The van der Waals surface area contributed by atoms with Crippen LogP contribution in [0, 0.1) is 0 Å². The number of ether oxygens (including phenoxy) is 6. The minimum atomic E-state index is -0.294. The SMILES string of the molecule is CCCCCCCCCCCCCCCCOc1cc(-c2ccc(/C(O)=C/C(=O)c3ccc(-c4cc(OCCCCCCCCCCCCCCCC)c(OCCCCCCCCCCCCCCCC)c(OCCCCCCCCCCCCCCCC)c4)n3C)[nH]2)cc(OCCCCCCCCCCCCCCCC)c1OCCCCCCCCCCCCCCCC. The van der Waals surface area contributed by atoms with Gasteiger partial charge in [0.05, 0.1) is 51.0 Å². The molecule has 4 rings (SSSR count). The second-order valence-corrected chi connectivity index (χ2v) is 40.1. The average Bonchev–Trinajstić information content (AvgIpc) is 1.63. The van der Waals surface area contributed by atoms with Gasteiger partial charge in [0.2, 0.25) is 17.3 Å². The highest BCUT2D eigenvalue weighted by molar-refractivity contribution is 6.07. The van der Waals surface area contributed by atoms with Crippen LogP contribution in [0.3, 0.4) is 0 Å². The molecule has 2 heterocycles. The molecule has 0 fully saturated rings. The van der Waals surface area contributed by atoms with Gasteiger partial charge in [-0.25, -0.2) is 0 Å². The van der Waals surface area contributed by atoms with Crippen LogP contribution in [0.1, 0.15) is 597 Å². The number of aliphatic hydroxyl groups excluding tert-OH is 1. The molecule has 4 aromatic rings. The molecule has 0 aliphatic rings. The van der Waals surface area contributed by atoms with Crippen molar-refractivity contribution in [2.24, 2.45) is 7.05 Å². The van der Waals surface area contributed by atoms with Crippen LogP contribution in [0.15, 0.2) is 54.6 Å². The van der Waals surface area contributed by atoms with E-state index in [0.29, 0.717) is 85.5 Å². The first-order chi connectivity index (χ1) is 64.3. The van der Waals surface area contributed by atoms with E-state index in [2.05, 4.69) is 70.8 Å². The van der Waals surface area contributed by atoms with Gasteiger partial charge >= 0.3 is 0 Å². The number of carbonyl (C=O) groups is 1. The number of rotatable bonds is 101. The molecule has 0 saturated carbocycles. The summed E-state index contributed by atoms with van der Waals surface area (Å²) in [5.41, 5.74) is 4.35. The van der Waals surface area contributed by atoms with Gasteiger partial charge in [0.15, 0.2) is 23.0 Å². The summed E-state index contributed by atoms with van der Waals surface area (Å²) in [7, 11) is 1.95. The second kappa shape index (κ2) is 88.0. The molecule has 0 aliphatic carbocycles. The van der Waals surface area contributed by atoms with Crippen molar-refractivity contribution >= 4 is 11.5 Å². The van der Waals surface area contributed by atoms with Crippen molar-refractivity contribution in [1.82, 2.24) is 9.55 Å². The Bertz CT molecular complexity index is 3050. The zero-order chi connectivity index (χ0) is 92.6. The topological polar surface area (TPSA) is 113 Å². The zero-order valence-corrected chi connectivity index (χ0v) is 87.1. The second-order valence-electron chi connectivity index (χ2n) is 40.1. The first kappa shape index (κ1) is 117. The standard InChI is InChI=1S/C120H212N2O8/c1-8-14-20-26-32-38-44-50-56-62-68-74-80-86-96-125-115-102-107(103-116(126-97-87-81-75-69-63-57-51-45-39-33-27-21-15-9-2)119(115)129-100-90-84-78-72-66-60-54-48-42-36-30-24-18-12-5)109-92-93-110(121-109)113(123)106-114(124)112-95-94-111(122(112)7)108-104-117(127-98-88-82-76-70-64-58-52-46-40-34-28-22-16-10-3)120(130-101-91-85-79-73-67-61-55-49-43-37-31-25-19-13-6)118(105-108)128-99-89-83-77-71-65-59-53-47-41-35-29-23-17-11-4/h92-95,102-106,121,123H,8-91,96-101H2,1-7H3/b113-106-. The summed E-state index contributed by atoms with van der Waals surface area (Å²) in [6.45, 7) is 17.4. The minimum absolute atomic E-state index is 0.130. The summed E-state index contributed by atoms with van der Waals surface area (Å²) < 4.78 is 43.3. The number of aromatic amines is 1. The van der Waals surface area contributed by atoms with Gasteiger partial charge in [-0.15, -0.1) is 0 Å². The van der Waals surface area contributed by atoms with E-state index in [1.807, 2.05) is 35.9 Å². The average molecular weight is 1810 g/mol. The first-order valence-electron chi connectivity index (χ1n) is 57.7. The molecular weight excluding hydrogens is 1600 g/mol. The van der Waals surface area contributed by atoms with Crippen molar-refractivity contribution in [3.63, 3.8) is 0 Å². The van der Waals surface area contributed by atoms with E-state index in [9.17, 15) is 9.90 Å². The summed E-state index contributed by atoms with van der Waals surface area (Å²) in [4.78, 5) is 18.3. The Morgan fingerprint density at radius 3 is 0.662 bits per heavy atom. The third-order valence-electron chi connectivity index (χ3n) is 27.8. The van der Waals surface area contributed by atoms with Gasteiger partial charge in [-0.3, -0.25) is 4.79 Å². The maximum absolute atomic E-state index is 14.8. The highest BCUT2D eigenvalue weighted by Crippen LogP contribution is 2.45. The fraction of sp³-hybridized carbons (Fsp3) is 0.808. The Kier molecular flexibility index (Phi) is 79.4. The van der Waals surface area contributed by atoms with Gasteiger partial charge < -0.3 is 43.1 Å². The third kappa shape index (κ3) is 62.6. The van der Waals surface area contributed by atoms with Crippen LogP contribution >= 0.6 is 0 Å². The van der Waals surface area contributed by atoms with Crippen LogP contribution in [-0.2, 0) is 7.05 Å². The lowest BCUT2D eigenvalue weighted by Crippen LogP contribution is -2.08. The summed E-state index contributed by atoms with van der Waals surface area (Å²) in [5.74, 6) is 3.79. The van der Waals surface area contributed by atoms with E-state index in [1.165, 1.54) is 468 Å². The monoisotopic (exact) mass is 1810 g/mol. The molecule has 2 N–H and O–H groups in total. The number of carbonyl (C=O) groups excluding carboxylic acids is 1. The number of nitrogens with one attached hydrogen (secondary N) is 1. The van der Waals surface area contributed by atoms with Gasteiger partial charge in [0, 0.05) is 35.6 Å². The van der Waals surface area contributed by atoms with Crippen molar-refractivity contribution in [2.75, 3.05) is 39.6 Å². The lowest BCUT2D eigenvalue weighted by molar-refractivity contribution is 0.103.